The quantitative estimate of drug-likeness (QED) is 0.566. The first-order valence-corrected chi connectivity index (χ1v) is 9.59. The van der Waals surface area contributed by atoms with Crippen molar-refractivity contribution in [3.63, 3.8) is 0 Å². The van der Waals surface area contributed by atoms with Crippen LogP contribution in [0.3, 0.4) is 0 Å². The van der Waals surface area contributed by atoms with Crippen molar-refractivity contribution in [2.45, 2.75) is 40.2 Å². The van der Waals surface area contributed by atoms with E-state index in [1.807, 2.05) is 13.8 Å². The van der Waals surface area contributed by atoms with E-state index in [0.717, 1.165) is 5.56 Å². The topological polar surface area (TPSA) is 96.2 Å². The molecule has 1 aromatic heterocycles. The van der Waals surface area contributed by atoms with Gasteiger partial charge in [0.25, 0.3) is 5.91 Å². The molecule has 8 heteroatoms. The van der Waals surface area contributed by atoms with Gasteiger partial charge in [0.2, 0.25) is 0 Å². The highest BCUT2D eigenvalue weighted by molar-refractivity contribution is 5.94. The van der Waals surface area contributed by atoms with E-state index in [2.05, 4.69) is 5.32 Å². The predicted octanol–water partition coefficient (Wildman–Crippen LogP) is 3.85. The molecule has 0 aliphatic heterocycles. The van der Waals surface area contributed by atoms with Crippen LogP contribution in [0.1, 0.15) is 49.6 Å². The molecule has 1 amide bonds. The van der Waals surface area contributed by atoms with E-state index in [-0.39, 0.29) is 19.1 Å². The fraction of sp³-hybridized carbons (Fsp3) is 0.478. The molecule has 0 unspecified atom stereocenters. The molecule has 2 aromatic rings. The largest absolute Gasteiger partial charge is 0.496 e. The van der Waals surface area contributed by atoms with Crippen LogP contribution in [0.4, 0.5) is 0 Å². The fourth-order valence-corrected chi connectivity index (χ4v) is 3.08. The number of methoxy groups -OCH3 is 4. The van der Waals surface area contributed by atoms with E-state index in [9.17, 15) is 9.59 Å². The number of hydrogen-bond donors (Lipinski definition) is 1. The van der Waals surface area contributed by atoms with Gasteiger partial charge in [0.05, 0.1) is 28.4 Å². The number of furan rings is 1. The van der Waals surface area contributed by atoms with Crippen molar-refractivity contribution in [1.29, 1.82) is 0 Å². The molecule has 1 aromatic carbocycles. The molecule has 8 nitrogen and oxygen atoms in total. The number of esters is 1. The first-order chi connectivity index (χ1) is 14.3. The van der Waals surface area contributed by atoms with Gasteiger partial charge < -0.3 is 28.7 Å². The summed E-state index contributed by atoms with van der Waals surface area (Å²) in [5, 5.41) is 2.68. The number of amides is 1. The summed E-state index contributed by atoms with van der Waals surface area (Å²) in [5.41, 5.74) is 0.759. The zero-order valence-electron chi connectivity index (χ0n) is 18.2. The second-order valence-corrected chi connectivity index (χ2v) is 7.13. The Kier molecular flexibility index (Phi) is 9.92. The molecular weight excluding hydrogens is 402 g/mol. The van der Waals surface area contributed by atoms with Crippen LogP contribution in [0.15, 0.2) is 28.7 Å². The third-order valence-corrected chi connectivity index (χ3v) is 4.55. The van der Waals surface area contributed by atoms with Crippen molar-refractivity contribution >= 4 is 11.9 Å². The molecule has 0 radical (unpaired) electrons. The number of benzene rings is 1. The van der Waals surface area contributed by atoms with Crippen LogP contribution in [0.5, 0.6) is 17.2 Å². The van der Waals surface area contributed by atoms with Crippen molar-refractivity contribution in [2.75, 3.05) is 28.4 Å². The summed E-state index contributed by atoms with van der Waals surface area (Å²) in [4.78, 5) is 24.5. The smallest absolute Gasteiger partial charge is 0.328 e. The van der Waals surface area contributed by atoms with Gasteiger partial charge in [0.1, 0.15) is 29.1 Å². The number of carbonyl (C=O) groups is 2. The van der Waals surface area contributed by atoms with Crippen LogP contribution >= 0.6 is 0 Å². The van der Waals surface area contributed by atoms with Gasteiger partial charge in [-0.3, -0.25) is 4.79 Å². The highest BCUT2D eigenvalue weighted by Crippen LogP contribution is 2.35. The van der Waals surface area contributed by atoms with Crippen molar-refractivity contribution < 1.29 is 33.0 Å². The average molecular weight is 436 g/mol. The van der Waals surface area contributed by atoms with E-state index in [4.69, 9.17) is 23.4 Å². The summed E-state index contributed by atoms with van der Waals surface area (Å²) < 4.78 is 26.7. The van der Waals surface area contributed by atoms with E-state index in [0.29, 0.717) is 35.9 Å². The van der Waals surface area contributed by atoms with Crippen molar-refractivity contribution in [1.82, 2.24) is 5.32 Å². The van der Waals surface area contributed by atoms with Crippen molar-refractivity contribution in [2.24, 2.45) is 5.92 Å². The summed E-state index contributed by atoms with van der Waals surface area (Å²) in [6, 6.07) is 6.03. The molecule has 1 N–H and O–H groups in total. The minimum Gasteiger partial charge on any atom is -0.496 e. The molecule has 1 atom stereocenters. The molecule has 0 saturated heterocycles. The standard InChI is InChI=1S/C22H29NO7.CH4/c1-13(2)9-17(22(25)29-6)23-21(24)18-8-7-14(30-18)10-16-19(27-4)11-15(26-3)12-20(16)28-5;/h7-8,11-13,17H,9-10H2,1-6H3,(H,23,24);1H4/t17-;/m0./s1. The Labute approximate surface area is 183 Å². The first-order valence-electron chi connectivity index (χ1n) is 9.59. The number of nitrogens with one attached hydrogen (secondary N) is 1. The van der Waals surface area contributed by atoms with Crippen molar-refractivity contribution in [3.05, 3.63) is 41.3 Å². The lowest BCUT2D eigenvalue weighted by Gasteiger charge is -2.17. The molecule has 0 bridgehead atoms. The minimum atomic E-state index is -0.738. The van der Waals surface area contributed by atoms with Crippen LogP contribution in [0.25, 0.3) is 0 Å². The molecule has 1 heterocycles. The van der Waals surface area contributed by atoms with Crippen molar-refractivity contribution in [3.8, 4) is 17.2 Å². The highest BCUT2D eigenvalue weighted by Gasteiger charge is 2.25. The maximum Gasteiger partial charge on any atom is 0.328 e. The lowest BCUT2D eigenvalue weighted by molar-refractivity contribution is -0.143. The van der Waals surface area contributed by atoms with Gasteiger partial charge in [-0.15, -0.1) is 0 Å². The number of carbonyl (C=O) groups excluding carboxylic acids is 2. The predicted molar refractivity (Wildman–Crippen MR) is 117 cm³/mol. The van der Waals surface area contributed by atoms with Crippen LogP contribution in [-0.2, 0) is 16.0 Å². The Hall–Kier alpha value is -3.16. The Balaban J connectivity index is 0.00000480. The van der Waals surface area contributed by atoms with Crippen LogP contribution < -0.4 is 19.5 Å². The zero-order valence-corrected chi connectivity index (χ0v) is 18.2. The number of rotatable bonds is 10. The zero-order chi connectivity index (χ0) is 22.3. The molecular formula is C23H33NO7. The molecule has 0 aliphatic rings. The molecule has 31 heavy (non-hydrogen) atoms. The molecule has 2 rings (SSSR count). The van der Waals surface area contributed by atoms with Gasteiger partial charge in [-0.1, -0.05) is 21.3 Å². The average Bonchev–Trinajstić information content (AvgIpc) is 3.21. The number of ether oxygens (including phenoxy) is 4. The van der Waals surface area contributed by atoms with Gasteiger partial charge in [-0.05, 0) is 24.5 Å². The highest BCUT2D eigenvalue weighted by atomic mass is 16.5. The van der Waals surface area contributed by atoms with Crippen LogP contribution in [0.2, 0.25) is 0 Å². The summed E-state index contributed by atoms with van der Waals surface area (Å²) in [6.45, 7) is 3.92. The van der Waals surface area contributed by atoms with Gasteiger partial charge in [0, 0.05) is 24.1 Å². The maximum atomic E-state index is 12.6. The molecule has 0 saturated carbocycles. The third kappa shape index (κ3) is 6.67. The first kappa shape index (κ1) is 25.9. The Morgan fingerprint density at radius 1 is 1.00 bits per heavy atom. The second-order valence-electron chi connectivity index (χ2n) is 7.13. The van der Waals surface area contributed by atoms with E-state index < -0.39 is 17.9 Å². The molecule has 0 fully saturated rings. The number of hydrogen-bond acceptors (Lipinski definition) is 7. The van der Waals surface area contributed by atoms with Gasteiger partial charge in [-0.25, -0.2) is 4.79 Å². The lowest BCUT2D eigenvalue weighted by atomic mass is 10.0. The summed E-state index contributed by atoms with van der Waals surface area (Å²) in [7, 11) is 5.97. The summed E-state index contributed by atoms with van der Waals surface area (Å²) in [6.07, 6.45) is 0.808. The normalized spacial score (nSPS) is 11.3. The van der Waals surface area contributed by atoms with Gasteiger partial charge in [0.15, 0.2) is 5.76 Å². The van der Waals surface area contributed by atoms with E-state index in [1.54, 1.807) is 45.6 Å². The Bertz CT molecular complexity index is 848. The van der Waals surface area contributed by atoms with Crippen LogP contribution in [0, 0.1) is 5.92 Å². The van der Waals surface area contributed by atoms with E-state index >= 15 is 0 Å². The van der Waals surface area contributed by atoms with Gasteiger partial charge in [-0.2, -0.15) is 0 Å². The maximum absolute atomic E-state index is 12.6. The Morgan fingerprint density at radius 3 is 2.10 bits per heavy atom. The summed E-state index contributed by atoms with van der Waals surface area (Å²) in [5.74, 6) is 1.65. The molecule has 0 spiro atoms. The third-order valence-electron chi connectivity index (χ3n) is 4.55. The monoisotopic (exact) mass is 435 g/mol. The van der Waals surface area contributed by atoms with E-state index in [1.165, 1.54) is 7.11 Å². The SMILES string of the molecule is C.COC(=O)[C@H](CC(C)C)NC(=O)c1ccc(Cc2c(OC)cc(OC)cc2OC)o1. The van der Waals surface area contributed by atoms with Crippen LogP contribution in [-0.4, -0.2) is 46.4 Å². The van der Waals surface area contributed by atoms with Gasteiger partial charge >= 0.3 is 5.97 Å². The second kappa shape index (κ2) is 11.9. The fourth-order valence-electron chi connectivity index (χ4n) is 3.08. The Morgan fingerprint density at radius 2 is 1.61 bits per heavy atom. The molecule has 0 aliphatic carbocycles. The minimum absolute atomic E-state index is 0. The lowest BCUT2D eigenvalue weighted by Crippen LogP contribution is -2.42. The molecule has 172 valence electrons. The summed E-state index contributed by atoms with van der Waals surface area (Å²) >= 11 is 0.